The van der Waals surface area contributed by atoms with Crippen LogP contribution in [-0.4, -0.2) is 15.6 Å². The second-order valence-corrected chi connectivity index (χ2v) is 4.41. The Morgan fingerprint density at radius 3 is 2.82 bits per heavy atom. The molecule has 0 spiro atoms. The zero-order valence-electron chi connectivity index (χ0n) is 10.2. The van der Waals surface area contributed by atoms with Gasteiger partial charge < -0.3 is 9.67 Å². The van der Waals surface area contributed by atoms with Gasteiger partial charge in [-0.2, -0.15) is 0 Å². The molecule has 2 aromatic rings. The molecule has 0 aliphatic heterocycles. The monoisotopic (exact) mass is 231 g/mol. The Labute approximate surface area is 101 Å². The molecular formula is C14H17NO2. The van der Waals surface area contributed by atoms with Crippen LogP contribution in [-0.2, 0) is 13.5 Å². The Kier molecular flexibility index (Phi) is 3.18. The third kappa shape index (κ3) is 2.18. The van der Waals surface area contributed by atoms with Gasteiger partial charge in [0.15, 0.2) is 0 Å². The maximum atomic E-state index is 11.0. The Morgan fingerprint density at radius 1 is 1.41 bits per heavy atom. The minimum absolute atomic E-state index is 0.362. The third-order valence-corrected chi connectivity index (χ3v) is 3.12. The summed E-state index contributed by atoms with van der Waals surface area (Å²) in [6.07, 6.45) is 5.40. The lowest BCUT2D eigenvalue weighted by molar-refractivity contribution is 0.0697. The number of aromatic carboxylic acids is 1. The van der Waals surface area contributed by atoms with Gasteiger partial charge in [0.05, 0.1) is 5.56 Å². The van der Waals surface area contributed by atoms with Gasteiger partial charge in [0.2, 0.25) is 0 Å². The molecule has 90 valence electrons. The van der Waals surface area contributed by atoms with Crippen LogP contribution >= 0.6 is 0 Å². The average Bonchev–Trinajstić information content (AvgIpc) is 2.63. The molecule has 0 amide bonds. The zero-order chi connectivity index (χ0) is 12.4. The molecule has 1 aromatic heterocycles. The van der Waals surface area contributed by atoms with Crippen molar-refractivity contribution in [3.8, 4) is 0 Å². The summed E-state index contributed by atoms with van der Waals surface area (Å²) in [5.74, 6) is -0.864. The van der Waals surface area contributed by atoms with Gasteiger partial charge in [-0.25, -0.2) is 4.79 Å². The van der Waals surface area contributed by atoms with E-state index in [9.17, 15) is 4.79 Å². The van der Waals surface area contributed by atoms with E-state index in [1.165, 1.54) is 5.56 Å². The number of hydrogen-bond acceptors (Lipinski definition) is 1. The molecule has 0 fully saturated rings. The van der Waals surface area contributed by atoms with Crippen molar-refractivity contribution in [1.82, 2.24) is 4.57 Å². The van der Waals surface area contributed by atoms with E-state index in [1.807, 2.05) is 13.1 Å². The zero-order valence-corrected chi connectivity index (χ0v) is 10.2. The SMILES string of the molecule is CCCCc1cn(C)c2ccc(C(=O)O)cc12. The van der Waals surface area contributed by atoms with Crippen LogP contribution in [0.2, 0.25) is 0 Å². The van der Waals surface area contributed by atoms with E-state index in [-0.39, 0.29) is 0 Å². The Morgan fingerprint density at radius 2 is 2.18 bits per heavy atom. The van der Waals surface area contributed by atoms with E-state index >= 15 is 0 Å². The first-order valence-corrected chi connectivity index (χ1v) is 5.94. The van der Waals surface area contributed by atoms with E-state index in [2.05, 4.69) is 17.7 Å². The molecule has 0 aliphatic rings. The Bertz CT molecular complexity index is 555. The molecule has 0 radical (unpaired) electrons. The number of carboxylic acid groups (broad SMARTS) is 1. The number of fused-ring (bicyclic) bond motifs is 1. The van der Waals surface area contributed by atoms with E-state index < -0.39 is 5.97 Å². The molecule has 0 saturated heterocycles. The smallest absolute Gasteiger partial charge is 0.335 e. The van der Waals surface area contributed by atoms with Gasteiger partial charge in [0.25, 0.3) is 0 Å². The fourth-order valence-corrected chi connectivity index (χ4v) is 2.17. The number of hydrogen-bond donors (Lipinski definition) is 1. The van der Waals surface area contributed by atoms with Gasteiger partial charge in [-0.15, -0.1) is 0 Å². The van der Waals surface area contributed by atoms with Crippen molar-refractivity contribution >= 4 is 16.9 Å². The summed E-state index contributed by atoms with van der Waals surface area (Å²) in [4.78, 5) is 11.0. The van der Waals surface area contributed by atoms with Crippen molar-refractivity contribution in [2.75, 3.05) is 0 Å². The molecular weight excluding hydrogens is 214 g/mol. The highest BCUT2D eigenvalue weighted by Crippen LogP contribution is 2.23. The first kappa shape index (κ1) is 11.7. The molecule has 1 N–H and O–H groups in total. The van der Waals surface area contributed by atoms with Crippen molar-refractivity contribution in [1.29, 1.82) is 0 Å². The molecule has 3 heteroatoms. The molecule has 0 unspecified atom stereocenters. The topological polar surface area (TPSA) is 42.2 Å². The minimum atomic E-state index is -0.864. The van der Waals surface area contributed by atoms with Crippen LogP contribution in [0.15, 0.2) is 24.4 Å². The predicted molar refractivity (Wildman–Crippen MR) is 68.5 cm³/mol. The molecule has 1 heterocycles. The Balaban J connectivity index is 2.52. The fourth-order valence-electron chi connectivity index (χ4n) is 2.17. The van der Waals surface area contributed by atoms with Gasteiger partial charge in [0, 0.05) is 24.1 Å². The van der Waals surface area contributed by atoms with E-state index in [1.54, 1.807) is 12.1 Å². The van der Waals surface area contributed by atoms with Crippen LogP contribution < -0.4 is 0 Å². The van der Waals surface area contributed by atoms with Crippen LogP contribution in [0, 0.1) is 0 Å². The molecule has 0 atom stereocenters. The fraction of sp³-hybridized carbons (Fsp3) is 0.357. The lowest BCUT2D eigenvalue weighted by atomic mass is 10.1. The van der Waals surface area contributed by atoms with E-state index in [0.29, 0.717) is 5.56 Å². The normalized spacial score (nSPS) is 10.9. The van der Waals surface area contributed by atoms with Crippen molar-refractivity contribution in [2.45, 2.75) is 26.2 Å². The molecule has 0 bridgehead atoms. The van der Waals surface area contributed by atoms with Crippen LogP contribution in [0.4, 0.5) is 0 Å². The van der Waals surface area contributed by atoms with Gasteiger partial charge in [-0.05, 0) is 36.6 Å². The van der Waals surface area contributed by atoms with Gasteiger partial charge >= 0.3 is 5.97 Å². The number of nitrogens with zero attached hydrogens (tertiary/aromatic N) is 1. The minimum Gasteiger partial charge on any atom is -0.478 e. The van der Waals surface area contributed by atoms with Gasteiger partial charge in [-0.1, -0.05) is 13.3 Å². The molecule has 0 aliphatic carbocycles. The Hall–Kier alpha value is -1.77. The summed E-state index contributed by atoms with van der Waals surface area (Å²) >= 11 is 0. The number of aromatic nitrogens is 1. The van der Waals surface area contributed by atoms with Crippen molar-refractivity contribution < 1.29 is 9.90 Å². The molecule has 17 heavy (non-hydrogen) atoms. The number of benzene rings is 1. The van der Waals surface area contributed by atoms with Crippen LogP contribution in [0.3, 0.4) is 0 Å². The summed E-state index contributed by atoms with van der Waals surface area (Å²) in [6, 6.07) is 5.32. The summed E-state index contributed by atoms with van der Waals surface area (Å²) in [7, 11) is 2.00. The van der Waals surface area contributed by atoms with E-state index in [4.69, 9.17) is 5.11 Å². The highest BCUT2D eigenvalue weighted by molar-refractivity contribution is 5.94. The first-order chi connectivity index (χ1) is 8.13. The van der Waals surface area contributed by atoms with Crippen molar-refractivity contribution in [3.05, 3.63) is 35.5 Å². The summed E-state index contributed by atoms with van der Waals surface area (Å²) in [5.41, 5.74) is 2.70. The quantitative estimate of drug-likeness (QED) is 0.877. The highest BCUT2D eigenvalue weighted by Gasteiger charge is 2.09. The van der Waals surface area contributed by atoms with Crippen molar-refractivity contribution in [3.63, 3.8) is 0 Å². The van der Waals surface area contributed by atoms with Crippen LogP contribution in [0.25, 0.3) is 10.9 Å². The third-order valence-electron chi connectivity index (χ3n) is 3.12. The standard InChI is InChI=1S/C14H17NO2/c1-3-4-5-11-9-15(2)13-7-6-10(14(16)17)8-12(11)13/h6-9H,3-5H2,1-2H3,(H,16,17). The second kappa shape index (κ2) is 4.62. The highest BCUT2D eigenvalue weighted by atomic mass is 16.4. The second-order valence-electron chi connectivity index (χ2n) is 4.41. The maximum absolute atomic E-state index is 11.0. The lowest BCUT2D eigenvalue weighted by Crippen LogP contribution is -1.95. The van der Waals surface area contributed by atoms with Gasteiger partial charge in [0.1, 0.15) is 0 Å². The number of carbonyl (C=O) groups is 1. The molecule has 1 aromatic carbocycles. The summed E-state index contributed by atoms with van der Waals surface area (Å²) < 4.78 is 2.06. The molecule has 2 rings (SSSR count). The maximum Gasteiger partial charge on any atom is 0.335 e. The molecule has 3 nitrogen and oxygen atoms in total. The first-order valence-electron chi connectivity index (χ1n) is 5.94. The summed E-state index contributed by atoms with van der Waals surface area (Å²) in [5, 5.41) is 10.1. The van der Waals surface area contributed by atoms with Gasteiger partial charge in [-0.3, -0.25) is 0 Å². The number of carboxylic acids is 1. The largest absolute Gasteiger partial charge is 0.478 e. The number of unbranched alkanes of at least 4 members (excludes halogenated alkanes) is 1. The van der Waals surface area contributed by atoms with Crippen LogP contribution in [0.5, 0.6) is 0 Å². The lowest BCUT2D eigenvalue weighted by Gasteiger charge is -1.99. The van der Waals surface area contributed by atoms with Crippen LogP contribution in [0.1, 0.15) is 35.7 Å². The molecule has 0 saturated carbocycles. The van der Waals surface area contributed by atoms with E-state index in [0.717, 1.165) is 30.2 Å². The summed E-state index contributed by atoms with van der Waals surface area (Å²) in [6.45, 7) is 2.16. The predicted octanol–water partition coefficient (Wildman–Crippen LogP) is 3.22. The number of rotatable bonds is 4. The number of aryl methyl sites for hydroxylation is 2. The van der Waals surface area contributed by atoms with Crippen molar-refractivity contribution in [2.24, 2.45) is 7.05 Å². The average molecular weight is 231 g/mol.